The Bertz CT molecular complexity index is 1890. The average molecular weight is 611 g/mol. The third-order valence-corrected chi connectivity index (χ3v) is 9.26. The molecule has 2 aromatic carbocycles. The van der Waals surface area contributed by atoms with Gasteiger partial charge in [0, 0.05) is 23.6 Å². The van der Waals surface area contributed by atoms with Crippen molar-refractivity contribution in [3.8, 4) is 22.5 Å². The summed E-state index contributed by atoms with van der Waals surface area (Å²) in [6, 6.07) is 15.8. The molecule has 2 N–H and O–H groups in total. The van der Waals surface area contributed by atoms with Gasteiger partial charge in [0.2, 0.25) is 5.78 Å². The number of aliphatic hydroxyl groups is 1. The summed E-state index contributed by atoms with van der Waals surface area (Å²) in [7, 11) is 0. The van der Waals surface area contributed by atoms with E-state index in [4.69, 9.17) is 9.26 Å². The molecule has 0 aliphatic heterocycles. The SMILES string of the molecule is CCCc1c(Cc2ccc(-c3ccccc3-c3noc(=O)[nH]3)cc2)c(=O)n([C@H]2CC[C@H](OCC(O)C3CC3)CC2)c2ncnn12. The Kier molecular flexibility index (Phi) is 8.20. The molecule has 0 radical (unpaired) electrons. The Labute approximate surface area is 259 Å². The molecular weight excluding hydrogens is 572 g/mol. The van der Waals surface area contributed by atoms with Crippen molar-refractivity contribution in [2.45, 2.75) is 83.0 Å². The minimum absolute atomic E-state index is 0.00289. The number of hydrogen-bond donors (Lipinski definition) is 2. The van der Waals surface area contributed by atoms with Crippen molar-refractivity contribution in [3.63, 3.8) is 0 Å². The molecule has 0 bridgehead atoms. The Balaban J connectivity index is 1.16. The highest BCUT2D eigenvalue weighted by Crippen LogP contribution is 2.35. The minimum atomic E-state index is -0.599. The zero-order valence-corrected chi connectivity index (χ0v) is 25.4. The van der Waals surface area contributed by atoms with Crippen LogP contribution in [0.1, 0.15) is 74.7 Å². The molecule has 5 aromatic rings. The number of aromatic amines is 1. The van der Waals surface area contributed by atoms with Crippen LogP contribution in [0.25, 0.3) is 28.3 Å². The van der Waals surface area contributed by atoms with Crippen molar-refractivity contribution in [2.24, 2.45) is 5.92 Å². The summed E-state index contributed by atoms with van der Waals surface area (Å²) >= 11 is 0. The predicted molar refractivity (Wildman–Crippen MR) is 168 cm³/mol. The minimum Gasteiger partial charge on any atom is -0.390 e. The van der Waals surface area contributed by atoms with Crippen molar-refractivity contribution >= 4 is 5.78 Å². The monoisotopic (exact) mass is 610 g/mol. The van der Waals surface area contributed by atoms with E-state index in [-0.39, 0.29) is 23.8 Å². The van der Waals surface area contributed by atoms with Crippen LogP contribution >= 0.6 is 0 Å². The average Bonchev–Trinajstić information content (AvgIpc) is 3.66. The second-order valence-electron chi connectivity index (χ2n) is 12.4. The van der Waals surface area contributed by atoms with E-state index in [0.717, 1.165) is 84.9 Å². The molecule has 2 aliphatic rings. The first-order valence-electron chi connectivity index (χ1n) is 16.0. The van der Waals surface area contributed by atoms with Gasteiger partial charge in [0.15, 0.2) is 5.82 Å². The zero-order chi connectivity index (χ0) is 30.9. The van der Waals surface area contributed by atoms with Gasteiger partial charge in [-0.25, -0.2) is 9.31 Å². The molecule has 0 spiro atoms. The van der Waals surface area contributed by atoms with Gasteiger partial charge in [-0.05, 0) is 67.6 Å². The summed E-state index contributed by atoms with van der Waals surface area (Å²) in [5, 5.41) is 18.7. The molecule has 234 valence electrons. The number of hydrogen-bond acceptors (Lipinski definition) is 8. The fraction of sp³-hybridized carbons (Fsp3) is 0.441. The maximum absolute atomic E-state index is 14.3. The number of fused-ring (bicyclic) bond motifs is 1. The second kappa shape index (κ2) is 12.6. The third kappa shape index (κ3) is 6.02. The van der Waals surface area contributed by atoms with Crippen molar-refractivity contribution < 1.29 is 14.4 Å². The number of benzene rings is 2. The summed E-state index contributed by atoms with van der Waals surface area (Å²) < 4.78 is 14.5. The molecule has 7 rings (SSSR count). The van der Waals surface area contributed by atoms with E-state index in [1.165, 1.54) is 6.33 Å². The van der Waals surface area contributed by atoms with Gasteiger partial charge in [0.05, 0.1) is 24.5 Å². The number of H-pyrrole nitrogens is 1. The fourth-order valence-corrected chi connectivity index (χ4v) is 6.69. The van der Waals surface area contributed by atoms with Gasteiger partial charge < -0.3 is 9.84 Å². The van der Waals surface area contributed by atoms with Crippen LogP contribution in [0.2, 0.25) is 0 Å². The lowest BCUT2D eigenvalue weighted by molar-refractivity contribution is -0.0347. The number of ether oxygens (including phenoxy) is 1. The molecule has 11 heteroatoms. The second-order valence-corrected chi connectivity index (χ2v) is 12.4. The van der Waals surface area contributed by atoms with Crippen molar-refractivity contribution in [1.82, 2.24) is 29.3 Å². The van der Waals surface area contributed by atoms with E-state index in [0.29, 0.717) is 30.5 Å². The van der Waals surface area contributed by atoms with Crippen molar-refractivity contribution in [1.29, 1.82) is 0 Å². The largest absolute Gasteiger partial charge is 0.439 e. The lowest BCUT2D eigenvalue weighted by Gasteiger charge is -2.31. The smallest absolute Gasteiger partial charge is 0.390 e. The predicted octanol–water partition coefficient (Wildman–Crippen LogP) is 4.72. The topological polar surface area (TPSA) is 141 Å². The highest BCUT2D eigenvalue weighted by molar-refractivity contribution is 5.80. The van der Waals surface area contributed by atoms with Crippen LogP contribution in [0, 0.1) is 5.92 Å². The van der Waals surface area contributed by atoms with Gasteiger partial charge >= 0.3 is 5.76 Å². The Morgan fingerprint density at radius 2 is 1.78 bits per heavy atom. The first kappa shape index (κ1) is 29.4. The molecule has 1 unspecified atom stereocenters. The Hall–Kier alpha value is -4.35. The van der Waals surface area contributed by atoms with Gasteiger partial charge in [0.1, 0.15) is 6.33 Å². The molecular formula is C34H38N6O5. The van der Waals surface area contributed by atoms with Gasteiger partial charge in [-0.15, -0.1) is 0 Å². The van der Waals surface area contributed by atoms with E-state index < -0.39 is 5.76 Å². The highest BCUT2D eigenvalue weighted by atomic mass is 16.5. The van der Waals surface area contributed by atoms with Crippen LogP contribution < -0.4 is 11.3 Å². The highest BCUT2D eigenvalue weighted by Gasteiger charge is 2.32. The van der Waals surface area contributed by atoms with E-state index in [1.807, 2.05) is 57.6 Å². The summed E-state index contributed by atoms with van der Waals surface area (Å²) in [6.45, 7) is 2.50. The first-order chi connectivity index (χ1) is 22.0. The van der Waals surface area contributed by atoms with Crippen LogP contribution in [0.3, 0.4) is 0 Å². The molecule has 3 aromatic heterocycles. The summed E-state index contributed by atoms with van der Waals surface area (Å²) in [6.07, 6.45) is 8.83. The van der Waals surface area contributed by atoms with Gasteiger partial charge in [0.25, 0.3) is 5.56 Å². The maximum Gasteiger partial charge on any atom is 0.439 e. The molecule has 0 saturated heterocycles. The molecule has 2 aliphatic carbocycles. The van der Waals surface area contributed by atoms with Crippen LogP contribution in [0.15, 0.2) is 69.0 Å². The Morgan fingerprint density at radius 1 is 1.02 bits per heavy atom. The molecule has 2 saturated carbocycles. The van der Waals surface area contributed by atoms with Crippen LogP contribution in [-0.4, -0.2) is 53.2 Å². The van der Waals surface area contributed by atoms with Gasteiger partial charge in [-0.1, -0.05) is 67.0 Å². The summed E-state index contributed by atoms with van der Waals surface area (Å²) in [4.78, 5) is 33.1. The number of aryl methyl sites for hydroxylation is 1. The fourth-order valence-electron chi connectivity index (χ4n) is 6.69. The standard InChI is InChI=1S/C34H38N6O5/c1-2-5-29-28(18-21-8-10-22(11-9-21)26-6-3-4-7-27(26)31-37-34(43)45-38-31)32(42)39(33-35-20-36-40(29)33)24-14-16-25(17-15-24)44-19-30(41)23-12-13-23/h3-4,6-11,20,23-25,30,41H,2,5,12-19H2,1H3,(H,37,38,43)/t24-,25-,30?. The molecule has 0 amide bonds. The normalized spacial score (nSPS) is 19.2. The third-order valence-electron chi connectivity index (χ3n) is 9.26. The maximum atomic E-state index is 14.3. The number of aliphatic hydroxyl groups excluding tert-OH is 1. The number of nitrogens with one attached hydrogen (secondary N) is 1. The molecule has 1 atom stereocenters. The van der Waals surface area contributed by atoms with Gasteiger partial charge in [-0.2, -0.15) is 10.1 Å². The van der Waals surface area contributed by atoms with E-state index in [2.05, 4.69) is 27.1 Å². The van der Waals surface area contributed by atoms with Crippen LogP contribution in [0.5, 0.6) is 0 Å². The lowest BCUT2D eigenvalue weighted by Crippen LogP contribution is -2.35. The van der Waals surface area contributed by atoms with E-state index in [1.54, 1.807) is 0 Å². The van der Waals surface area contributed by atoms with Gasteiger partial charge in [-0.3, -0.25) is 18.9 Å². The molecule has 45 heavy (non-hydrogen) atoms. The van der Waals surface area contributed by atoms with E-state index in [9.17, 15) is 14.7 Å². The number of aromatic nitrogens is 6. The van der Waals surface area contributed by atoms with Crippen molar-refractivity contribution in [3.05, 3.63) is 92.6 Å². The summed E-state index contributed by atoms with van der Waals surface area (Å²) in [5.74, 6) is 0.776. The molecule has 3 heterocycles. The quantitative estimate of drug-likeness (QED) is 0.219. The number of nitrogens with zero attached hydrogens (tertiary/aromatic N) is 5. The van der Waals surface area contributed by atoms with Crippen molar-refractivity contribution in [2.75, 3.05) is 6.61 Å². The molecule has 11 nitrogen and oxygen atoms in total. The molecule has 2 fully saturated rings. The lowest BCUT2D eigenvalue weighted by atomic mass is 9.92. The Morgan fingerprint density at radius 3 is 2.47 bits per heavy atom. The number of rotatable bonds is 11. The first-order valence-corrected chi connectivity index (χ1v) is 16.0. The summed E-state index contributed by atoms with van der Waals surface area (Å²) in [5.41, 5.74) is 5.29. The van der Waals surface area contributed by atoms with Crippen LogP contribution in [0.4, 0.5) is 0 Å². The van der Waals surface area contributed by atoms with Crippen LogP contribution in [-0.2, 0) is 17.6 Å². The van der Waals surface area contributed by atoms with E-state index >= 15 is 0 Å². The zero-order valence-electron chi connectivity index (χ0n) is 25.4.